The molecule has 0 saturated carbocycles. The molecule has 3 heteroatoms. The molecule has 1 heterocycles. The highest BCUT2D eigenvalue weighted by Crippen LogP contribution is 2.40. The van der Waals surface area contributed by atoms with Crippen LogP contribution in [0.25, 0.3) is 0 Å². The molecule has 0 unspecified atom stereocenters. The molecule has 1 fully saturated rings. The zero-order valence-electron chi connectivity index (χ0n) is 11.2. The maximum absolute atomic E-state index is 6.04. The van der Waals surface area contributed by atoms with Gasteiger partial charge < -0.3 is 9.47 Å². The second kappa shape index (κ2) is 4.90. The summed E-state index contributed by atoms with van der Waals surface area (Å²) in [5.41, 5.74) is 2.68. The molecule has 0 radical (unpaired) electrons. The van der Waals surface area contributed by atoms with Gasteiger partial charge in [-0.05, 0) is 31.0 Å². The standard InChI is InChI=1S/C15H21NO2/c1-3-16-9-10-18-15-12-5-4-6-14(17-2)11(12)7-8-13(15)16/h4-6,13,15H,3,7-10H2,1-2H3/t13-,15-/m1/s1. The van der Waals surface area contributed by atoms with Gasteiger partial charge in [0.2, 0.25) is 0 Å². The van der Waals surface area contributed by atoms with Crippen molar-refractivity contribution in [2.45, 2.75) is 31.9 Å². The quantitative estimate of drug-likeness (QED) is 0.801. The summed E-state index contributed by atoms with van der Waals surface area (Å²) in [4.78, 5) is 2.55. The van der Waals surface area contributed by atoms with Crippen LogP contribution in [0.3, 0.4) is 0 Å². The number of methoxy groups -OCH3 is 1. The number of rotatable bonds is 2. The van der Waals surface area contributed by atoms with E-state index in [2.05, 4.69) is 30.0 Å². The molecule has 3 rings (SSSR count). The lowest BCUT2D eigenvalue weighted by atomic mass is 9.83. The Morgan fingerprint density at radius 3 is 3.11 bits per heavy atom. The third kappa shape index (κ3) is 1.82. The molecule has 1 aromatic carbocycles. The van der Waals surface area contributed by atoms with Crippen molar-refractivity contribution in [3.8, 4) is 5.75 Å². The first-order chi connectivity index (χ1) is 8.85. The molecule has 0 spiro atoms. The highest BCUT2D eigenvalue weighted by atomic mass is 16.5. The number of hydrogen-bond donors (Lipinski definition) is 0. The molecule has 0 aromatic heterocycles. The van der Waals surface area contributed by atoms with E-state index < -0.39 is 0 Å². The Kier molecular flexibility index (Phi) is 3.27. The summed E-state index contributed by atoms with van der Waals surface area (Å²) >= 11 is 0. The smallest absolute Gasteiger partial charge is 0.122 e. The predicted octanol–water partition coefficient (Wildman–Crippen LogP) is 2.40. The van der Waals surface area contributed by atoms with Crippen molar-refractivity contribution in [3.05, 3.63) is 29.3 Å². The zero-order chi connectivity index (χ0) is 12.5. The van der Waals surface area contributed by atoms with E-state index >= 15 is 0 Å². The fraction of sp³-hybridized carbons (Fsp3) is 0.600. The molecule has 3 nitrogen and oxygen atoms in total. The minimum absolute atomic E-state index is 0.234. The SMILES string of the molecule is CCN1CCO[C@@H]2c3cccc(OC)c3CC[C@H]21. The van der Waals surface area contributed by atoms with Crippen molar-refractivity contribution in [1.82, 2.24) is 4.90 Å². The van der Waals surface area contributed by atoms with Crippen LogP contribution in [0.1, 0.15) is 30.6 Å². The maximum Gasteiger partial charge on any atom is 0.122 e. The van der Waals surface area contributed by atoms with Gasteiger partial charge in [0.05, 0.1) is 19.8 Å². The van der Waals surface area contributed by atoms with Gasteiger partial charge in [-0.2, -0.15) is 0 Å². The summed E-state index contributed by atoms with van der Waals surface area (Å²) in [5, 5.41) is 0. The Balaban J connectivity index is 1.98. The molecule has 1 aliphatic heterocycles. The van der Waals surface area contributed by atoms with E-state index in [0.717, 1.165) is 31.9 Å². The number of hydrogen-bond acceptors (Lipinski definition) is 3. The molecule has 98 valence electrons. The third-order valence-electron chi connectivity index (χ3n) is 4.29. The van der Waals surface area contributed by atoms with Gasteiger partial charge in [0.15, 0.2) is 0 Å². The van der Waals surface area contributed by atoms with Gasteiger partial charge in [-0.15, -0.1) is 0 Å². The molecular formula is C15H21NO2. The van der Waals surface area contributed by atoms with Crippen molar-refractivity contribution in [1.29, 1.82) is 0 Å². The van der Waals surface area contributed by atoms with E-state index in [1.807, 2.05) is 0 Å². The molecule has 0 bridgehead atoms. The summed E-state index contributed by atoms with van der Waals surface area (Å²) in [7, 11) is 1.75. The first kappa shape index (κ1) is 12.0. The lowest BCUT2D eigenvalue weighted by Crippen LogP contribution is -2.48. The number of morpholine rings is 1. The second-order valence-electron chi connectivity index (χ2n) is 5.05. The number of nitrogens with zero attached hydrogens (tertiary/aromatic N) is 1. The highest BCUT2D eigenvalue weighted by Gasteiger charge is 2.37. The van der Waals surface area contributed by atoms with Gasteiger partial charge in [0.25, 0.3) is 0 Å². The van der Waals surface area contributed by atoms with E-state index in [-0.39, 0.29) is 6.10 Å². The number of benzene rings is 1. The number of ether oxygens (including phenoxy) is 2. The Labute approximate surface area is 109 Å². The largest absolute Gasteiger partial charge is 0.496 e. The van der Waals surface area contributed by atoms with E-state index in [4.69, 9.17) is 9.47 Å². The summed E-state index contributed by atoms with van der Waals surface area (Å²) in [6, 6.07) is 6.88. The Morgan fingerprint density at radius 2 is 2.33 bits per heavy atom. The van der Waals surface area contributed by atoms with Crippen LogP contribution in [0.2, 0.25) is 0 Å². The van der Waals surface area contributed by atoms with Gasteiger partial charge >= 0.3 is 0 Å². The normalized spacial score (nSPS) is 27.4. The molecule has 0 N–H and O–H groups in total. The van der Waals surface area contributed by atoms with E-state index in [0.29, 0.717) is 6.04 Å². The lowest BCUT2D eigenvalue weighted by Gasteiger charge is -2.44. The first-order valence-electron chi connectivity index (χ1n) is 6.86. The monoisotopic (exact) mass is 247 g/mol. The third-order valence-corrected chi connectivity index (χ3v) is 4.29. The first-order valence-corrected chi connectivity index (χ1v) is 6.86. The van der Waals surface area contributed by atoms with E-state index in [1.54, 1.807) is 7.11 Å². The molecule has 2 aliphatic rings. The van der Waals surface area contributed by atoms with Crippen molar-refractivity contribution < 1.29 is 9.47 Å². The van der Waals surface area contributed by atoms with Crippen molar-refractivity contribution >= 4 is 0 Å². The van der Waals surface area contributed by atoms with Crippen LogP contribution >= 0.6 is 0 Å². The predicted molar refractivity (Wildman–Crippen MR) is 71.0 cm³/mol. The minimum Gasteiger partial charge on any atom is -0.496 e. The fourth-order valence-corrected chi connectivity index (χ4v) is 3.39. The van der Waals surface area contributed by atoms with Crippen molar-refractivity contribution in [3.63, 3.8) is 0 Å². The molecule has 0 amide bonds. The summed E-state index contributed by atoms with van der Waals surface area (Å²) in [5.74, 6) is 1.02. The molecule has 2 atom stereocenters. The number of likely N-dealkylation sites (N-methyl/N-ethyl adjacent to an activating group) is 1. The van der Waals surface area contributed by atoms with Crippen molar-refractivity contribution in [2.75, 3.05) is 26.8 Å². The number of fused-ring (bicyclic) bond motifs is 3. The van der Waals surface area contributed by atoms with Crippen LogP contribution in [-0.2, 0) is 11.2 Å². The second-order valence-corrected chi connectivity index (χ2v) is 5.05. The van der Waals surface area contributed by atoms with E-state index in [1.165, 1.54) is 17.5 Å². The minimum atomic E-state index is 0.234. The Bertz CT molecular complexity index is 433. The van der Waals surface area contributed by atoms with Crippen LogP contribution in [-0.4, -0.2) is 37.7 Å². The maximum atomic E-state index is 6.04. The summed E-state index contributed by atoms with van der Waals surface area (Å²) in [6.45, 7) is 5.26. The van der Waals surface area contributed by atoms with Gasteiger partial charge in [-0.1, -0.05) is 19.1 Å². The van der Waals surface area contributed by atoms with Gasteiger partial charge in [-0.25, -0.2) is 0 Å². The molecule has 18 heavy (non-hydrogen) atoms. The van der Waals surface area contributed by atoms with Gasteiger partial charge in [0, 0.05) is 18.2 Å². The van der Waals surface area contributed by atoms with Gasteiger partial charge in [0.1, 0.15) is 5.75 Å². The fourth-order valence-electron chi connectivity index (χ4n) is 3.39. The van der Waals surface area contributed by atoms with Crippen LogP contribution in [0.5, 0.6) is 5.75 Å². The zero-order valence-corrected chi connectivity index (χ0v) is 11.2. The Morgan fingerprint density at radius 1 is 1.44 bits per heavy atom. The van der Waals surface area contributed by atoms with Crippen LogP contribution < -0.4 is 4.74 Å². The molecule has 1 aromatic rings. The van der Waals surface area contributed by atoms with Crippen LogP contribution in [0, 0.1) is 0 Å². The average Bonchev–Trinajstić information content (AvgIpc) is 2.45. The highest BCUT2D eigenvalue weighted by molar-refractivity contribution is 5.44. The Hall–Kier alpha value is -1.06. The van der Waals surface area contributed by atoms with Crippen LogP contribution in [0.15, 0.2) is 18.2 Å². The lowest BCUT2D eigenvalue weighted by molar-refractivity contribution is -0.0785. The van der Waals surface area contributed by atoms with Gasteiger partial charge in [-0.3, -0.25) is 4.90 Å². The average molecular weight is 247 g/mol. The molecular weight excluding hydrogens is 226 g/mol. The van der Waals surface area contributed by atoms with Crippen LogP contribution in [0.4, 0.5) is 0 Å². The van der Waals surface area contributed by atoms with E-state index in [9.17, 15) is 0 Å². The molecule has 1 aliphatic carbocycles. The molecule has 1 saturated heterocycles. The topological polar surface area (TPSA) is 21.7 Å². The summed E-state index contributed by atoms with van der Waals surface area (Å²) < 4.78 is 11.5. The van der Waals surface area contributed by atoms with Crippen molar-refractivity contribution in [2.24, 2.45) is 0 Å². The summed E-state index contributed by atoms with van der Waals surface area (Å²) in [6.07, 6.45) is 2.50.